The van der Waals surface area contributed by atoms with E-state index >= 15 is 0 Å². The lowest BCUT2D eigenvalue weighted by atomic mass is 9.92. The molecule has 4 N–H and O–H groups in total. The van der Waals surface area contributed by atoms with Gasteiger partial charge in [-0.25, -0.2) is 4.98 Å². The molecule has 1 unspecified atom stereocenters. The lowest BCUT2D eigenvalue weighted by Gasteiger charge is -2.30. The number of rotatable bonds is 5. The fourth-order valence-corrected chi connectivity index (χ4v) is 3.14. The third-order valence-corrected chi connectivity index (χ3v) is 4.35. The van der Waals surface area contributed by atoms with Crippen molar-refractivity contribution in [1.29, 1.82) is 0 Å². The van der Waals surface area contributed by atoms with Gasteiger partial charge in [-0.2, -0.15) is 0 Å². The molecule has 29 heavy (non-hydrogen) atoms. The first kappa shape index (κ1) is 24.5. The van der Waals surface area contributed by atoms with E-state index in [2.05, 4.69) is 26.6 Å². The van der Waals surface area contributed by atoms with Crippen molar-refractivity contribution in [2.75, 3.05) is 26.7 Å². The minimum Gasteiger partial charge on any atom is -0.481 e. The van der Waals surface area contributed by atoms with Crippen LogP contribution in [0.25, 0.3) is 5.65 Å². The average Bonchev–Trinajstić information content (AvgIpc) is 3.04. The van der Waals surface area contributed by atoms with Crippen LogP contribution in [0.4, 0.5) is 0 Å². The summed E-state index contributed by atoms with van der Waals surface area (Å²) in [7, 11) is 2.06. The second kappa shape index (κ2) is 12.9. The molecule has 1 atom stereocenters. The van der Waals surface area contributed by atoms with Crippen LogP contribution in [0.3, 0.4) is 0 Å². The van der Waals surface area contributed by atoms with Crippen molar-refractivity contribution in [3.05, 3.63) is 36.3 Å². The highest BCUT2D eigenvalue weighted by Crippen LogP contribution is 2.17. The topological polar surface area (TPSA) is 127 Å². The summed E-state index contributed by atoms with van der Waals surface area (Å²) in [6, 6.07) is 6.02. The van der Waals surface area contributed by atoms with Crippen LogP contribution in [0.2, 0.25) is 0 Å². The van der Waals surface area contributed by atoms with Gasteiger partial charge in [-0.3, -0.25) is 14.5 Å². The van der Waals surface area contributed by atoms with Crippen LogP contribution < -0.4 is 5.32 Å². The first-order chi connectivity index (χ1) is 13.7. The number of carboxylic acids is 2. The number of aliphatic hydroxyl groups is 1. The molecule has 0 bridgehead atoms. The van der Waals surface area contributed by atoms with E-state index in [9.17, 15) is 5.11 Å². The molecule has 162 valence electrons. The molecule has 0 aromatic carbocycles. The number of nitrogens with one attached hydrogen (secondary N) is 1. The van der Waals surface area contributed by atoms with Crippen LogP contribution in [0, 0.1) is 5.92 Å². The maximum Gasteiger partial charge on any atom is 0.300 e. The maximum absolute atomic E-state index is 10.4. The molecule has 1 fully saturated rings. The first-order valence-electron chi connectivity index (χ1n) is 9.58. The summed E-state index contributed by atoms with van der Waals surface area (Å²) in [4.78, 5) is 24.6. The Balaban J connectivity index is 0.000000452. The molecule has 9 nitrogen and oxygen atoms in total. The van der Waals surface area contributed by atoms with Crippen LogP contribution in [-0.4, -0.2) is 74.3 Å². The van der Waals surface area contributed by atoms with E-state index < -0.39 is 11.9 Å². The van der Waals surface area contributed by atoms with Gasteiger partial charge in [0.2, 0.25) is 0 Å². The summed E-state index contributed by atoms with van der Waals surface area (Å²) in [5, 5.41) is 28.6. The molecule has 0 aliphatic carbocycles. The number of likely N-dealkylation sites (N-methyl/N-ethyl adjacent to an activating group) is 1. The SMILES string of the molecule is CC(=O)O.CC(=O)O.CN(Cc1cnc2ccccn12)CC(O)C1CCNCC1. The molecule has 1 aliphatic rings. The molecule has 3 heterocycles. The largest absolute Gasteiger partial charge is 0.481 e. The molecule has 2 aromatic rings. The molecule has 9 heteroatoms. The van der Waals surface area contributed by atoms with Crippen molar-refractivity contribution in [3.63, 3.8) is 0 Å². The first-order valence-corrected chi connectivity index (χ1v) is 9.58. The van der Waals surface area contributed by atoms with Crippen molar-refractivity contribution in [2.24, 2.45) is 5.92 Å². The van der Waals surface area contributed by atoms with Crippen molar-refractivity contribution in [1.82, 2.24) is 19.6 Å². The third-order valence-electron chi connectivity index (χ3n) is 4.35. The van der Waals surface area contributed by atoms with Crippen LogP contribution in [0.5, 0.6) is 0 Å². The highest BCUT2D eigenvalue weighted by atomic mass is 16.4. The molecule has 0 saturated carbocycles. The Morgan fingerprint density at radius 2 is 1.83 bits per heavy atom. The lowest BCUT2D eigenvalue weighted by molar-refractivity contribution is -0.135. The van der Waals surface area contributed by atoms with E-state index in [-0.39, 0.29) is 6.10 Å². The van der Waals surface area contributed by atoms with Gasteiger partial charge in [-0.15, -0.1) is 0 Å². The van der Waals surface area contributed by atoms with Gasteiger partial charge >= 0.3 is 0 Å². The second-order valence-electron chi connectivity index (χ2n) is 7.07. The number of fused-ring (bicyclic) bond motifs is 1. The van der Waals surface area contributed by atoms with Gasteiger partial charge in [-0.05, 0) is 51.0 Å². The standard InChI is InChI=1S/C16H24N4O.2C2H4O2/c1-19(12-15(21)13-5-7-17-8-6-13)11-14-10-18-16-4-2-3-9-20(14)16;2*1-2(3)4/h2-4,9-10,13,15,17,21H,5-8,11-12H2,1H3;2*1H3,(H,3,4). The van der Waals surface area contributed by atoms with E-state index in [1.807, 2.05) is 30.6 Å². The Hall–Kier alpha value is -2.49. The number of piperidine rings is 1. The fourth-order valence-electron chi connectivity index (χ4n) is 3.14. The number of hydrogen-bond donors (Lipinski definition) is 4. The summed E-state index contributed by atoms with van der Waals surface area (Å²) in [6.45, 7) is 5.73. The number of carbonyl (C=O) groups is 2. The minimum atomic E-state index is -0.833. The van der Waals surface area contributed by atoms with Crippen LogP contribution >= 0.6 is 0 Å². The van der Waals surface area contributed by atoms with Crippen molar-refractivity contribution in [2.45, 2.75) is 39.3 Å². The van der Waals surface area contributed by atoms with Gasteiger partial charge in [0.1, 0.15) is 5.65 Å². The number of aromatic nitrogens is 2. The Bertz CT molecular complexity index is 738. The van der Waals surface area contributed by atoms with E-state index in [1.54, 1.807) is 0 Å². The van der Waals surface area contributed by atoms with E-state index in [1.165, 1.54) is 0 Å². The van der Waals surface area contributed by atoms with Crippen LogP contribution in [0.1, 0.15) is 32.4 Å². The summed E-state index contributed by atoms with van der Waals surface area (Å²) in [5.74, 6) is -1.24. The van der Waals surface area contributed by atoms with Gasteiger partial charge in [0.05, 0.1) is 18.0 Å². The van der Waals surface area contributed by atoms with E-state index in [0.717, 1.165) is 57.7 Å². The maximum atomic E-state index is 10.4. The number of imidazole rings is 1. The van der Waals surface area contributed by atoms with Crippen molar-refractivity contribution >= 4 is 17.6 Å². The highest BCUT2D eigenvalue weighted by Gasteiger charge is 2.22. The number of pyridine rings is 1. The van der Waals surface area contributed by atoms with Gasteiger partial charge in [0, 0.05) is 33.1 Å². The van der Waals surface area contributed by atoms with Crippen molar-refractivity contribution in [3.8, 4) is 0 Å². The van der Waals surface area contributed by atoms with Crippen LogP contribution in [-0.2, 0) is 16.1 Å². The van der Waals surface area contributed by atoms with Gasteiger partial charge < -0.3 is 25.0 Å². The molecular formula is C20H32N4O5. The number of aliphatic hydroxyl groups excluding tert-OH is 1. The van der Waals surface area contributed by atoms with E-state index in [0.29, 0.717) is 12.5 Å². The minimum absolute atomic E-state index is 0.240. The molecule has 0 amide bonds. The highest BCUT2D eigenvalue weighted by molar-refractivity contribution is 5.63. The molecule has 2 aromatic heterocycles. The number of carboxylic acid groups (broad SMARTS) is 2. The Morgan fingerprint density at radius 3 is 2.41 bits per heavy atom. The summed E-state index contributed by atoms with van der Waals surface area (Å²) < 4.78 is 2.10. The number of nitrogens with zero attached hydrogens (tertiary/aromatic N) is 3. The molecule has 1 saturated heterocycles. The van der Waals surface area contributed by atoms with Gasteiger partial charge in [-0.1, -0.05) is 6.07 Å². The Labute approximate surface area is 171 Å². The summed E-state index contributed by atoms with van der Waals surface area (Å²) in [6.07, 6.45) is 5.86. The molecule has 0 spiro atoms. The van der Waals surface area contributed by atoms with E-state index in [4.69, 9.17) is 19.8 Å². The predicted molar refractivity (Wildman–Crippen MR) is 110 cm³/mol. The van der Waals surface area contributed by atoms with Gasteiger partial charge in [0.15, 0.2) is 0 Å². The van der Waals surface area contributed by atoms with Crippen LogP contribution in [0.15, 0.2) is 30.6 Å². The quantitative estimate of drug-likeness (QED) is 0.583. The second-order valence-corrected chi connectivity index (χ2v) is 7.07. The lowest BCUT2D eigenvalue weighted by Crippen LogP contribution is -2.39. The number of aliphatic carboxylic acids is 2. The van der Waals surface area contributed by atoms with Crippen molar-refractivity contribution < 1.29 is 24.9 Å². The summed E-state index contributed by atoms with van der Waals surface area (Å²) >= 11 is 0. The zero-order valence-corrected chi connectivity index (χ0v) is 17.3. The Morgan fingerprint density at radius 1 is 1.24 bits per heavy atom. The molecule has 3 rings (SSSR count). The third kappa shape index (κ3) is 10.0. The van der Waals surface area contributed by atoms with Gasteiger partial charge in [0.25, 0.3) is 11.9 Å². The Kier molecular flexibility index (Phi) is 10.9. The fraction of sp³-hybridized carbons (Fsp3) is 0.550. The monoisotopic (exact) mass is 408 g/mol. The molecular weight excluding hydrogens is 376 g/mol. The normalized spacial score (nSPS) is 15.1. The zero-order chi connectivity index (χ0) is 21.8. The summed E-state index contributed by atoms with van der Waals surface area (Å²) in [5.41, 5.74) is 2.13. The molecule has 0 radical (unpaired) electrons. The zero-order valence-electron chi connectivity index (χ0n) is 17.3. The number of hydrogen-bond acceptors (Lipinski definition) is 6. The predicted octanol–water partition coefficient (Wildman–Crippen LogP) is 1.31. The average molecular weight is 408 g/mol. The molecule has 1 aliphatic heterocycles. The smallest absolute Gasteiger partial charge is 0.300 e.